The van der Waals surface area contributed by atoms with E-state index in [4.69, 9.17) is 20.3 Å². The van der Waals surface area contributed by atoms with Crippen LogP contribution in [0.25, 0.3) is 0 Å². The standard InChI is InChI=1S/C12H19NO3/c1-15-12-4-3-10(8-13)7-11(12)9-16-6-2-5-14/h3-4,7,14H,2,5-6,8-9,13H2,1H3. The smallest absolute Gasteiger partial charge is 0.124 e. The summed E-state index contributed by atoms with van der Waals surface area (Å²) in [7, 11) is 1.63. The maximum absolute atomic E-state index is 8.63. The molecule has 0 atom stereocenters. The average molecular weight is 225 g/mol. The highest BCUT2D eigenvalue weighted by atomic mass is 16.5. The Morgan fingerprint density at radius 3 is 2.81 bits per heavy atom. The summed E-state index contributed by atoms with van der Waals surface area (Å²) in [5.74, 6) is 0.807. The molecule has 4 nitrogen and oxygen atoms in total. The minimum absolute atomic E-state index is 0.153. The molecule has 0 bridgehead atoms. The quantitative estimate of drug-likeness (QED) is 0.681. The van der Waals surface area contributed by atoms with Gasteiger partial charge in [-0.05, 0) is 24.1 Å². The number of aliphatic hydroxyl groups is 1. The number of hydrogen-bond acceptors (Lipinski definition) is 4. The predicted molar refractivity (Wildman–Crippen MR) is 62.2 cm³/mol. The van der Waals surface area contributed by atoms with E-state index in [1.54, 1.807) is 7.11 Å². The van der Waals surface area contributed by atoms with Crippen LogP contribution in [-0.4, -0.2) is 25.4 Å². The summed E-state index contributed by atoms with van der Waals surface area (Å²) in [6.45, 7) is 1.69. The molecule has 0 aliphatic carbocycles. The molecule has 1 rings (SSSR count). The van der Waals surface area contributed by atoms with Crippen LogP contribution in [-0.2, 0) is 17.9 Å². The van der Waals surface area contributed by atoms with Crippen molar-refractivity contribution >= 4 is 0 Å². The third kappa shape index (κ3) is 3.81. The van der Waals surface area contributed by atoms with Crippen LogP contribution in [0.2, 0.25) is 0 Å². The molecule has 1 aromatic rings. The summed E-state index contributed by atoms with van der Waals surface area (Å²) in [6.07, 6.45) is 0.652. The summed E-state index contributed by atoms with van der Waals surface area (Å²) >= 11 is 0. The highest BCUT2D eigenvalue weighted by Gasteiger charge is 2.04. The Labute approximate surface area is 96.0 Å². The van der Waals surface area contributed by atoms with Crippen LogP contribution in [0.3, 0.4) is 0 Å². The SMILES string of the molecule is COc1ccc(CN)cc1COCCCO. The van der Waals surface area contributed by atoms with Crippen molar-refractivity contribution in [3.05, 3.63) is 29.3 Å². The fourth-order valence-electron chi connectivity index (χ4n) is 1.42. The number of methoxy groups -OCH3 is 1. The van der Waals surface area contributed by atoms with E-state index >= 15 is 0 Å². The molecular formula is C12H19NO3. The van der Waals surface area contributed by atoms with E-state index < -0.39 is 0 Å². The number of ether oxygens (including phenoxy) is 2. The van der Waals surface area contributed by atoms with Crippen molar-refractivity contribution < 1.29 is 14.6 Å². The van der Waals surface area contributed by atoms with Gasteiger partial charge in [-0.2, -0.15) is 0 Å². The Balaban J connectivity index is 2.60. The molecule has 0 unspecified atom stereocenters. The zero-order valence-electron chi connectivity index (χ0n) is 9.61. The van der Waals surface area contributed by atoms with Crippen molar-refractivity contribution in [1.82, 2.24) is 0 Å². The van der Waals surface area contributed by atoms with Gasteiger partial charge in [-0.1, -0.05) is 6.07 Å². The number of benzene rings is 1. The molecule has 0 saturated heterocycles. The lowest BCUT2D eigenvalue weighted by molar-refractivity contribution is 0.102. The molecule has 3 N–H and O–H groups in total. The van der Waals surface area contributed by atoms with Crippen LogP contribution < -0.4 is 10.5 Å². The van der Waals surface area contributed by atoms with Crippen LogP contribution in [0.1, 0.15) is 17.5 Å². The van der Waals surface area contributed by atoms with Gasteiger partial charge in [-0.15, -0.1) is 0 Å². The molecule has 0 amide bonds. The van der Waals surface area contributed by atoms with Gasteiger partial charge in [-0.25, -0.2) is 0 Å². The minimum atomic E-state index is 0.153. The van der Waals surface area contributed by atoms with Gasteiger partial charge in [0, 0.05) is 25.3 Å². The number of hydrogen-bond donors (Lipinski definition) is 2. The normalized spacial score (nSPS) is 10.4. The molecule has 0 fully saturated rings. The number of nitrogens with two attached hydrogens (primary N) is 1. The van der Waals surface area contributed by atoms with Crippen LogP contribution in [0, 0.1) is 0 Å². The summed E-state index contributed by atoms with van der Waals surface area (Å²) in [5.41, 5.74) is 7.62. The topological polar surface area (TPSA) is 64.7 Å². The summed E-state index contributed by atoms with van der Waals surface area (Å²) in [4.78, 5) is 0. The Kier molecular flexibility index (Phi) is 5.85. The van der Waals surface area contributed by atoms with Crippen molar-refractivity contribution in [3.8, 4) is 5.75 Å². The predicted octanol–water partition coefficient (Wildman–Crippen LogP) is 1.05. The zero-order chi connectivity index (χ0) is 11.8. The van der Waals surface area contributed by atoms with Gasteiger partial charge < -0.3 is 20.3 Å². The van der Waals surface area contributed by atoms with Crippen molar-refractivity contribution in [2.45, 2.75) is 19.6 Å². The van der Waals surface area contributed by atoms with Crippen LogP contribution >= 0.6 is 0 Å². The second kappa shape index (κ2) is 7.22. The molecule has 0 spiro atoms. The van der Waals surface area contributed by atoms with Gasteiger partial charge in [0.05, 0.1) is 13.7 Å². The van der Waals surface area contributed by atoms with Gasteiger partial charge in [0.25, 0.3) is 0 Å². The fourth-order valence-corrected chi connectivity index (χ4v) is 1.42. The third-order valence-corrected chi connectivity index (χ3v) is 2.28. The lowest BCUT2D eigenvalue weighted by atomic mass is 10.1. The van der Waals surface area contributed by atoms with Crippen LogP contribution in [0.4, 0.5) is 0 Å². The van der Waals surface area contributed by atoms with Crippen molar-refractivity contribution in [2.24, 2.45) is 5.73 Å². The Hall–Kier alpha value is -1.10. The molecule has 0 aliphatic heterocycles. The van der Waals surface area contributed by atoms with Gasteiger partial charge in [0.1, 0.15) is 5.75 Å². The molecular weight excluding hydrogens is 206 g/mol. The van der Waals surface area contributed by atoms with Gasteiger partial charge >= 0.3 is 0 Å². The molecule has 1 aromatic carbocycles. The van der Waals surface area contributed by atoms with E-state index in [9.17, 15) is 0 Å². The van der Waals surface area contributed by atoms with Crippen molar-refractivity contribution in [1.29, 1.82) is 0 Å². The molecule has 16 heavy (non-hydrogen) atoms. The van der Waals surface area contributed by atoms with E-state index in [-0.39, 0.29) is 6.61 Å². The van der Waals surface area contributed by atoms with Crippen molar-refractivity contribution in [2.75, 3.05) is 20.3 Å². The number of rotatable bonds is 7. The first-order valence-corrected chi connectivity index (χ1v) is 5.36. The summed E-state index contributed by atoms with van der Waals surface area (Å²) in [5, 5.41) is 8.63. The average Bonchev–Trinajstić information content (AvgIpc) is 2.34. The summed E-state index contributed by atoms with van der Waals surface area (Å²) in [6, 6.07) is 5.82. The lowest BCUT2D eigenvalue weighted by Crippen LogP contribution is -2.02. The molecule has 0 radical (unpaired) electrons. The van der Waals surface area contributed by atoms with Gasteiger partial charge in [-0.3, -0.25) is 0 Å². The van der Waals surface area contributed by atoms with E-state index in [1.807, 2.05) is 18.2 Å². The fraction of sp³-hybridized carbons (Fsp3) is 0.500. The maximum Gasteiger partial charge on any atom is 0.124 e. The molecule has 4 heteroatoms. The second-order valence-electron chi connectivity index (χ2n) is 3.48. The van der Waals surface area contributed by atoms with Gasteiger partial charge in [0.15, 0.2) is 0 Å². The van der Waals surface area contributed by atoms with Crippen LogP contribution in [0.15, 0.2) is 18.2 Å². The lowest BCUT2D eigenvalue weighted by Gasteiger charge is -2.10. The largest absolute Gasteiger partial charge is 0.496 e. The maximum atomic E-state index is 8.63. The molecule has 0 heterocycles. The summed E-state index contributed by atoms with van der Waals surface area (Å²) < 4.78 is 10.7. The third-order valence-electron chi connectivity index (χ3n) is 2.28. The highest BCUT2D eigenvalue weighted by Crippen LogP contribution is 2.20. The molecule has 0 aliphatic rings. The zero-order valence-corrected chi connectivity index (χ0v) is 9.61. The Morgan fingerprint density at radius 1 is 1.38 bits per heavy atom. The first-order chi connectivity index (χ1) is 7.81. The molecule has 0 aromatic heterocycles. The van der Waals surface area contributed by atoms with E-state index in [0.29, 0.717) is 26.2 Å². The first-order valence-electron chi connectivity index (χ1n) is 5.36. The van der Waals surface area contributed by atoms with E-state index in [2.05, 4.69) is 0 Å². The van der Waals surface area contributed by atoms with Crippen LogP contribution in [0.5, 0.6) is 5.75 Å². The van der Waals surface area contributed by atoms with E-state index in [1.165, 1.54) is 0 Å². The van der Waals surface area contributed by atoms with Gasteiger partial charge in [0.2, 0.25) is 0 Å². The molecule has 0 saturated carbocycles. The Morgan fingerprint density at radius 2 is 2.19 bits per heavy atom. The minimum Gasteiger partial charge on any atom is -0.496 e. The molecule has 90 valence electrons. The number of aliphatic hydroxyl groups excluding tert-OH is 1. The van der Waals surface area contributed by atoms with Crippen molar-refractivity contribution in [3.63, 3.8) is 0 Å². The second-order valence-corrected chi connectivity index (χ2v) is 3.48. The first kappa shape index (κ1) is 13.0. The highest BCUT2D eigenvalue weighted by molar-refractivity contribution is 5.36. The monoisotopic (exact) mass is 225 g/mol. The Bertz CT molecular complexity index is 315. The van der Waals surface area contributed by atoms with E-state index in [0.717, 1.165) is 16.9 Å².